The Labute approximate surface area is 79.1 Å². The SMILES string of the molecule is CC(C)C(N)c1cc(C(F)(F)F)no1. The first-order valence-electron chi connectivity index (χ1n) is 4.11. The number of hydrogen-bond donors (Lipinski definition) is 1. The number of rotatable bonds is 2. The Morgan fingerprint density at radius 1 is 1.43 bits per heavy atom. The molecule has 0 aliphatic carbocycles. The standard InChI is InChI=1S/C8H11F3N2O/c1-4(2)7(12)5-3-6(13-14-5)8(9,10)11/h3-4,7H,12H2,1-2H3. The average molecular weight is 208 g/mol. The summed E-state index contributed by atoms with van der Waals surface area (Å²) in [6.45, 7) is 3.58. The maximum absolute atomic E-state index is 12.1. The van der Waals surface area contributed by atoms with Crippen molar-refractivity contribution in [1.82, 2.24) is 5.16 Å². The summed E-state index contributed by atoms with van der Waals surface area (Å²) in [6.07, 6.45) is -4.47. The minimum absolute atomic E-state index is 0.00373. The lowest BCUT2D eigenvalue weighted by molar-refractivity contribution is -0.142. The minimum Gasteiger partial charge on any atom is -0.359 e. The summed E-state index contributed by atoms with van der Waals surface area (Å²) >= 11 is 0. The fraction of sp³-hybridized carbons (Fsp3) is 0.625. The van der Waals surface area contributed by atoms with Crippen molar-refractivity contribution in [3.63, 3.8) is 0 Å². The fourth-order valence-corrected chi connectivity index (χ4v) is 0.909. The van der Waals surface area contributed by atoms with Crippen LogP contribution in [-0.4, -0.2) is 5.16 Å². The highest BCUT2D eigenvalue weighted by atomic mass is 19.4. The first-order valence-corrected chi connectivity index (χ1v) is 4.11. The van der Waals surface area contributed by atoms with Crippen LogP contribution in [0, 0.1) is 5.92 Å². The number of nitrogens with two attached hydrogens (primary N) is 1. The zero-order valence-corrected chi connectivity index (χ0v) is 7.80. The van der Waals surface area contributed by atoms with Gasteiger partial charge in [0.2, 0.25) is 0 Å². The molecule has 80 valence electrons. The van der Waals surface area contributed by atoms with E-state index in [-0.39, 0.29) is 11.7 Å². The Kier molecular flexibility index (Phi) is 2.84. The van der Waals surface area contributed by atoms with E-state index in [1.807, 2.05) is 0 Å². The zero-order valence-electron chi connectivity index (χ0n) is 7.80. The van der Waals surface area contributed by atoms with Crippen LogP contribution in [0.3, 0.4) is 0 Å². The molecule has 1 heterocycles. The van der Waals surface area contributed by atoms with Crippen LogP contribution < -0.4 is 5.73 Å². The van der Waals surface area contributed by atoms with Crippen LogP contribution in [0.25, 0.3) is 0 Å². The van der Waals surface area contributed by atoms with Crippen molar-refractivity contribution in [1.29, 1.82) is 0 Å². The molecule has 3 nitrogen and oxygen atoms in total. The van der Waals surface area contributed by atoms with Gasteiger partial charge in [-0.05, 0) is 5.92 Å². The van der Waals surface area contributed by atoms with Crippen molar-refractivity contribution in [3.05, 3.63) is 17.5 Å². The van der Waals surface area contributed by atoms with Crippen molar-refractivity contribution >= 4 is 0 Å². The quantitative estimate of drug-likeness (QED) is 0.811. The molecule has 0 fully saturated rings. The van der Waals surface area contributed by atoms with Gasteiger partial charge in [0.25, 0.3) is 0 Å². The lowest BCUT2D eigenvalue weighted by Gasteiger charge is -2.10. The molecule has 6 heteroatoms. The van der Waals surface area contributed by atoms with Gasteiger partial charge in [0.15, 0.2) is 11.5 Å². The van der Waals surface area contributed by atoms with Gasteiger partial charge in [0, 0.05) is 6.07 Å². The lowest BCUT2D eigenvalue weighted by atomic mass is 10.0. The van der Waals surface area contributed by atoms with E-state index < -0.39 is 17.9 Å². The van der Waals surface area contributed by atoms with E-state index in [4.69, 9.17) is 5.73 Å². The van der Waals surface area contributed by atoms with E-state index in [9.17, 15) is 13.2 Å². The molecule has 1 rings (SSSR count). The number of halogens is 3. The predicted octanol–water partition coefficient (Wildman–Crippen LogP) is 2.35. The molecule has 0 saturated heterocycles. The smallest absolute Gasteiger partial charge is 0.359 e. The van der Waals surface area contributed by atoms with E-state index in [0.29, 0.717) is 0 Å². The van der Waals surface area contributed by atoms with Gasteiger partial charge in [0.1, 0.15) is 0 Å². The Bertz CT molecular complexity index is 306. The second-order valence-corrected chi connectivity index (χ2v) is 3.38. The van der Waals surface area contributed by atoms with Gasteiger partial charge < -0.3 is 10.3 Å². The third kappa shape index (κ3) is 2.25. The van der Waals surface area contributed by atoms with Crippen molar-refractivity contribution < 1.29 is 17.7 Å². The molecular weight excluding hydrogens is 197 g/mol. The minimum atomic E-state index is -4.47. The maximum Gasteiger partial charge on any atom is 0.436 e. The van der Waals surface area contributed by atoms with Crippen molar-refractivity contribution in [3.8, 4) is 0 Å². The van der Waals surface area contributed by atoms with Crippen LogP contribution in [0.5, 0.6) is 0 Å². The molecule has 1 atom stereocenters. The third-order valence-corrected chi connectivity index (χ3v) is 1.87. The second kappa shape index (κ2) is 3.61. The summed E-state index contributed by atoms with van der Waals surface area (Å²) in [5.41, 5.74) is 4.55. The topological polar surface area (TPSA) is 52.0 Å². The van der Waals surface area contributed by atoms with Crippen LogP contribution in [-0.2, 0) is 6.18 Å². The number of hydrogen-bond acceptors (Lipinski definition) is 3. The van der Waals surface area contributed by atoms with Crippen LogP contribution in [0.1, 0.15) is 31.3 Å². The van der Waals surface area contributed by atoms with Gasteiger partial charge in [-0.3, -0.25) is 0 Å². The lowest BCUT2D eigenvalue weighted by Crippen LogP contribution is -2.15. The van der Waals surface area contributed by atoms with E-state index >= 15 is 0 Å². The molecule has 0 radical (unpaired) electrons. The van der Waals surface area contributed by atoms with Crippen LogP contribution in [0.15, 0.2) is 10.6 Å². The van der Waals surface area contributed by atoms with Crippen LogP contribution in [0.2, 0.25) is 0 Å². The monoisotopic (exact) mass is 208 g/mol. The normalized spacial score (nSPS) is 14.8. The number of nitrogens with zero attached hydrogens (tertiary/aromatic N) is 1. The molecule has 0 aromatic carbocycles. The largest absolute Gasteiger partial charge is 0.436 e. The fourth-order valence-electron chi connectivity index (χ4n) is 0.909. The zero-order chi connectivity index (χ0) is 10.9. The van der Waals surface area contributed by atoms with Gasteiger partial charge in [-0.15, -0.1) is 0 Å². The molecule has 14 heavy (non-hydrogen) atoms. The Balaban J connectivity index is 2.89. The van der Waals surface area contributed by atoms with Crippen molar-refractivity contribution in [2.24, 2.45) is 11.7 Å². The Hall–Kier alpha value is -1.04. The Morgan fingerprint density at radius 2 is 2.00 bits per heavy atom. The average Bonchev–Trinajstić information content (AvgIpc) is 2.49. The summed E-state index contributed by atoms with van der Waals surface area (Å²) < 4.78 is 40.8. The summed E-state index contributed by atoms with van der Waals surface area (Å²) in [5.74, 6) is 0.0661. The molecule has 1 aromatic rings. The highest BCUT2D eigenvalue weighted by Gasteiger charge is 2.35. The molecule has 0 aliphatic heterocycles. The predicted molar refractivity (Wildman–Crippen MR) is 43.3 cm³/mol. The molecule has 0 amide bonds. The molecule has 0 spiro atoms. The molecular formula is C8H11F3N2O. The van der Waals surface area contributed by atoms with Gasteiger partial charge in [-0.2, -0.15) is 13.2 Å². The Morgan fingerprint density at radius 3 is 2.36 bits per heavy atom. The van der Waals surface area contributed by atoms with Crippen LogP contribution in [0.4, 0.5) is 13.2 Å². The molecule has 1 aromatic heterocycles. The van der Waals surface area contributed by atoms with Crippen LogP contribution >= 0.6 is 0 Å². The number of aromatic nitrogens is 1. The van der Waals surface area contributed by atoms with Gasteiger partial charge >= 0.3 is 6.18 Å². The first kappa shape index (κ1) is 11.0. The van der Waals surface area contributed by atoms with E-state index in [2.05, 4.69) is 9.68 Å². The van der Waals surface area contributed by atoms with E-state index in [1.165, 1.54) is 0 Å². The van der Waals surface area contributed by atoms with Gasteiger partial charge in [-0.1, -0.05) is 19.0 Å². The molecule has 2 N–H and O–H groups in total. The first-order chi connectivity index (χ1) is 6.32. The molecule has 0 saturated carbocycles. The maximum atomic E-state index is 12.1. The summed E-state index contributed by atoms with van der Waals surface area (Å²) in [6, 6.07) is 0.281. The summed E-state index contributed by atoms with van der Waals surface area (Å²) in [4.78, 5) is 0. The van der Waals surface area contributed by atoms with Gasteiger partial charge in [0.05, 0.1) is 6.04 Å². The molecule has 0 aliphatic rings. The molecule has 0 bridgehead atoms. The third-order valence-electron chi connectivity index (χ3n) is 1.87. The highest BCUT2D eigenvalue weighted by Crippen LogP contribution is 2.30. The summed E-state index contributed by atoms with van der Waals surface area (Å²) in [5, 5.41) is 2.91. The van der Waals surface area contributed by atoms with E-state index in [0.717, 1.165) is 6.07 Å². The second-order valence-electron chi connectivity index (χ2n) is 3.38. The summed E-state index contributed by atoms with van der Waals surface area (Å²) in [7, 11) is 0. The molecule has 1 unspecified atom stereocenters. The van der Waals surface area contributed by atoms with Gasteiger partial charge in [-0.25, -0.2) is 0 Å². The highest BCUT2D eigenvalue weighted by molar-refractivity contribution is 5.11. The van der Waals surface area contributed by atoms with E-state index in [1.54, 1.807) is 13.8 Å². The number of alkyl halides is 3. The van der Waals surface area contributed by atoms with Crippen molar-refractivity contribution in [2.45, 2.75) is 26.1 Å². The van der Waals surface area contributed by atoms with Crippen molar-refractivity contribution in [2.75, 3.05) is 0 Å².